The number of H-pyrrole nitrogens is 1. The summed E-state index contributed by atoms with van der Waals surface area (Å²) >= 11 is 0. The zero-order valence-corrected chi connectivity index (χ0v) is 8.16. The first-order chi connectivity index (χ1) is 7.22. The molecule has 0 radical (unpaired) electrons. The fourth-order valence-electron chi connectivity index (χ4n) is 1.81. The summed E-state index contributed by atoms with van der Waals surface area (Å²) in [5, 5.41) is 9.71. The Morgan fingerprint density at radius 3 is 2.87 bits per heavy atom. The highest BCUT2D eigenvalue weighted by Gasteiger charge is 2.09. The minimum Gasteiger partial charge on any atom is -0.481 e. The maximum absolute atomic E-state index is 10.7. The molecule has 0 aliphatic heterocycles. The molecule has 0 aliphatic carbocycles. The summed E-state index contributed by atoms with van der Waals surface area (Å²) in [5.41, 5.74) is 8.32. The number of fused-ring (bicyclic) bond motifs is 1. The van der Waals surface area contributed by atoms with Gasteiger partial charge in [-0.15, -0.1) is 0 Å². The van der Waals surface area contributed by atoms with Crippen LogP contribution in [0.15, 0.2) is 24.4 Å². The topological polar surface area (TPSA) is 79.1 Å². The minimum absolute atomic E-state index is 0.0248. The molecule has 1 heterocycles. The van der Waals surface area contributed by atoms with Crippen molar-refractivity contribution in [1.82, 2.24) is 4.98 Å². The van der Waals surface area contributed by atoms with Gasteiger partial charge in [0.1, 0.15) is 0 Å². The van der Waals surface area contributed by atoms with Crippen LogP contribution in [0.4, 0.5) is 0 Å². The quantitative estimate of drug-likeness (QED) is 0.704. The number of carbonyl (C=O) groups is 1. The van der Waals surface area contributed by atoms with Crippen molar-refractivity contribution in [2.75, 3.05) is 0 Å². The van der Waals surface area contributed by atoms with Crippen LogP contribution in [0.2, 0.25) is 0 Å². The van der Waals surface area contributed by atoms with E-state index in [1.165, 1.54) is 0 Å². The van der Waals surface area contributed by atoms with E-state index >= 15 is 0 Å². The second-order valence-electron chi connectivity index (χ2n) is 3.43. The second kappa shape index (κ2) is 3.74. The van der Waals surface area contributed by atoms with Crippen LogP contribution < -0.4 is 5.73 Å². The molecule has 0 saturated heterocycles. The predicted molar refractivity (Wildman–Crippen MR) is 57.5 cm³/mol. The Morgan fingerprint density at radius 1 is 1.40 bits per heavy atom. The number of nitrogens with one attached hydrogen (secondary N) is 1. The van der Waals surface area contributed by atoms with Gasteiger partial charge in [-0.2, -0.15) is 0 Å². The molecule has 78 valence electrons. The Morgan fingerprint density at radius 2 is 2.20 bits per heavy atom. The monoisotopic (exact) mass is 204 g/mol. The smallest absolute Gasteiger partial charge is 0.307 e. The number of rotatable bonds is 3. The van der Waals surface area contributed by atoms with Crippen molar-refractivity contribution in [3.63, 3.8) is 0 Å². The Kier molecular flexibility index (Phi) is 2.43. The number of aromatic amines is 1. The van der Waals surface area contributed by atoms with Gasteiger partial charge in [-0.3, -0.25) is 4.79 Å². The number of carboxylic acids is 1. The fourth-order valence-corrected chi connectivity index (χ4v) is 1.81. The lowest BCUT2D eigenvalue weighted by atomic mass is 10.0. The average Bonchev–Trinajstić information content (AvgIpc) is 2.61. The molecule has 4 nitrogen and oxygen atoms in total. The van der Waals surface area contributed by atoms with Gasteiger partial charge in [-0.05, 0) is 17.2 Å². The van der Waals surface area contributed by atoms with E-state index in [1.807, 2.05) is 18.2 Å². The van der Waals surface area contributed by atoms with Gasteiger partial charge in [0, 0.05) is 23.6 Å². The highest BCUT2D eigenvalue weighted by molar-refractivity contribution is 5.89. The fraction of sp³-hybridized carbons (Fsp3) is 0.182. The maximum Gasteiger partial charge on any atom is 0.307 e. The van der Waals surface area contributed by atoms with Gasteiger partial charge < -0.3 is 15.8 Å². The molecule has 15 heavy (non-hydrogen) atoms. The number of hydrogen-bond acceptors (Lipinski definition) is 2. The van der Waals surface area contributed by atoms with Crippen molar-refractivity contribution >= 4 is 16.9 Å². The lowest BCUT2D eigenvalue weighted by Gasteiger charge is -2.01. The van der Waals surface area contributed by atoms with Crippen molar-refractivity contribution in [1.29, 1.82) is 0 Å². The Hall–Kier alpha value is -1.81. The Labute approximate surface area is 86.7 Å². The molecule has 0 bridgehead atoms. The molecule has 0 fully saturated rings. The van der Waals surface area contributed by atoms with Gasteiger partial charge in [0.2, 0.25) is 0 Å². The summed E-state index contributed by atoms with van der Waals surface area (Å²) in [7, 11) is 0. The van der Waals surface area contributed by atoms with Crippen LogP contribution in [0.5, 0.6) is 0 Å². The van der Waals surface area contributed by atoms with Gasteiger partial charge in [-0.25, -0.2) is 0 Å². The summed E-state index contributed by atoms with van der Waals surface area (Å²) in [6.07, 6.45) is 1.76. The molecule has 2 aromatic rings. The van der Waals surface area contributed by atoms with Crippen LogP contribution >= 0.6 is 0 Å². The molecular formula is C11H12N2O2. The molecule has 0 atom stereocenters. The summed E-state index contributed by atoms with van der Waals surface area (Å²) < 4.78 is 0. The number of nitrogens with two attached hydrogens (primary N) is 1. The SMILES string of the molecule is NCc1cccc2[nH]cc(CC(=O)O)c12. The molecule has 1 aromatic heterocycles. The normalized spacial score (nSPS) is 10.7. The summed E-state index contributed by atoms with van der Waals surface area (Å²) in [4.78, 5) is 13.7. The molecule has 2 rings (SSSR count). The van der Waals surface area contributed by atoms with Crippen molar-refractivity contribution in [3.05, 3.63) is 35.5 Å². The van der Waals surface area contributed by atoms with Crippen molar-refractivity contribution in [2.45, 2.75) is 13.0 Å². The van der Waals surface area contributed by atoms with Crippen molar-refractivity contribution < 1.29 is 9.90 Å². The van der Waals surface area contributed by atoms with E-state index in [2.05, 4.69) is 4.98 Å². The van der Waals surface area contributed by atoms with Gasteiger partial charge in [-0.1, -0.05) is 12.1 Å². The lowest BCUT2D eigenvalue weighted by Crippen LogP contribution is -2.01. The van der Waals surface area contributed by atoms with Gasteiger partial charge in [0.05, 0.1) is 6.42 Å². The lowest BCUT2D eigenvalue weighted by molar-refractivity contribution is -0.136. The molecule has 4 heteroatoms. The third kappa shape index (κ3) is 1.71. The van der Waals surface area contributed by atoms with Crippen molar-refractivity contribution in [3.8, 4) is 0 Å². The Balaban J connectivity index is 2.60. The third-order valence-electron chi connectivity index (χ3n) is 2.44. The first-order valence-corrected chi connectivity index (χ1v) is 4.72. The zero-order chi connectivity index (χ0) is 10.8. The van der Waals surface area contributed by atoms with E-state index < -0.39 is 5.97 Å². The number of carboxylic acid groups (broad SMARTS) is 1. The van der Waals surface area contributed by atoms with Crippen LogP contribution in [-0.4, -0.2) is 16.1 Å². The van der Waals surface area contributed by atoms with Gasteiger partial charge in [0.15, 0.2) is 0 Å². The molecule has 4 N–H and O–H groups in total. The van der Waals surface area contributed by atoms with Gasteiger partial charge >= 0.3 is 5.97 Å². The van der Waals surface area contributed by atoms with E-state index in [1.54, 1.807) is 6.20 Å². The number of aromatic nitrogens is 1. The average molecular weight is 204 g/mol. The molecule has 0 amide bonds. The largest absolute Gasteiger partial charge is 0.481 e. The molecule has 1 aromatic carbocycles. The first-order valence-electron chi connectivity index (χ1n) is 4.72. The van der Waals surface area contributed by atoms with Crippen LogP contribution in [0.3, 0.4) is 0 Å². The molecule has 0 saturated carbocycles. The second-order valence-corrected chi connectivity index (χ2v) is 3.43. The number of aliphatic carboxylic acids is 1. The van der Waals surface area contributed by atoms with E-state index in [4.69, 9.17) is 10.8 Å². The van der Waals surface area contributed by atoms with E-state index in [0.717, 1.165) is 22.0 Å². The van der Waals surface area contributed by atoms with Crippen LogP contribution in [0.25, 0.3) is 10.9 Å². The van der Waals surface area contributed by atoms with E-state index in [0.29, 0.717) is 6.54 Å². The molecule has 0 spiro atoms. The van der Waals surface area contributed by atoms with Crippen LogP contribution in [0, 0.1) is 0 Å². The summed E-state index contributed by atoms with van der Waals surface area (Å²) in [5.74, 6) is -0.831. The van der Waals surface area contributed by atoms with E-state index in [9.17, 15) is 4.79 Å². The Bertz CT molecular complexity index is 502. The maximum atomic E-state index is 10.7. The minimum atomic E-state index is -0.831. The predicted octanol–water partition coefficient (Wildman–Crippen LogP) is 1.25. The highest BCUT2D eigenvalue weighted by Crippen LogP contribution is 2.22. The molecule has 0 aliphatic rings. The highest BCUT2D eigenvalue weighted by atomic mass is 16.4. The van der Waals surface area contributed by atoms with Crippen LogP contribution in [0.1, 0.15) is 11.1 Å². The summed E-state index contributed by atoms with van der Waals surface area (Å²) in [6.45, 7) is 0.418. The first kappa shape index (κ1) is 9.73. The van der Waals surface area contributed by atoms with Crippen molar-refractivity contribution in [2.24, 2.45) is 5.73 Å². The summed E-state index contributed by atoms with van der Waals surface area (Å²) in [6, 6.07) is 5.74. The third-order valence-corrected chi connectivity index (χ3v) is 2.44. The number of benzene rings is 1. The van der Waals surface area contributed by atoms with Crippen LogP contribution in [-0.2, 0) is 17.8 Å². The zero-order valence-electron chi connectivity index (χ0n) is 8.16. The van der Waals surface area contributed by atoms with Gasteiger partial charge in [0.25, 0.3) is 0 Å². The number of hydrogen-bond donors (Lipinski definition) is 3. The molecular weight excluding hydrogens is 192 g/mol. The van der Waals surface area contributed by atoms with E-state index in [-0.39, 0.29) is 6.42 Å². The standard InChI is InChI=1S/C11H12N2O2/c12-5-7-2-1-3-9-11(7)8(6-13-9)4-10(14)15/h1-3,6,13H,4-5,12H2,(H,14,15). The molecule has 0 unspecified atom stereocenters.